The maximum atomic E-state index is 13.7. The van der Waals surface area contributed by atoms with Gasteiger partial charge in [0.2, 0.25) is 11.8 Å². The third kappa shape index (κ3) is 6.32. The molecule has 226 valence electrons. The van der Waals surface area contributed by atoms with Crippen molar-refractivity contribution >= 4 is 17.8 Å². The summed E-state index contributed by atoms with van der Waals surface area (Å²) in [6.07, 6.45) is 6.55. The van der Waals surface area contributed by atoms with Crippen molar-refractivity contribution in [1.82, 2.24) is 15.1 Å². The van der Waals surface area contributed by atoms with Crippen molar-refractivity contribution in [2.45, 2.75) is 95.4 Å². The van der Waals surface area contributed by atoms with Gasteiger partial charge in [0.15, 0.2) is 0 Å². The number of aromatic carboxylic acids is 1. The van der Waals surface area contributed by atoms with Crippen LogP contribution in [0.15, 0.2) is 42.5 Å². The van der Waals surface area contributed by atoms with E-state index in [1.807, 2.05) is 36.1 Å². The number of carboxylic acids is 1. The van der Waals surface area contributed by atoms with Crippen molar-refractivity contribution < 1.29 is 29.3 Å². The molecule has 1 saturated carbocycles. The van der Waals surface area contributed by atoms with Crippen LogP contribution in [0.1, 0.15) is 86.2 Å². The van der Waals surface area contributed by atoms with Crippen LogP contribution in [0.25, 0.3) is 0 Å². The molecule has 2 amide bonds. The monoisotopic (exact) mass is 577 g/mol. The molecule has 2 aromatic rings. The zero-order valence-electron chi connectivity index (χ0n) is 24.7. The fourth-order valence-corrected chi connectivity index (χ4v) is 6.79. The average molecular weight is 578 g/mol. The SMILES string of the molecule is CCCCN1C(=O)[C@@H](CC2(O)CCCC2)NC(=O)C12CCN(Cc1ccc(Oc3ccc(C(=O)O)cc3C)cc1)CC2. The van der Waals surface area contributed by atoms with Crippen LogP contribution in [0.5, 0.6) is 11.5 Å². The molecule has 5 rings (SSSR count). The van der Waals surface area contributed by atoms with Gasteiger partial charge in [-0.2, -0.15) is 0 Å². The Kier molecular flexibility index (Phi) is 8.89. The van der Waals surface area contributed by atoms with Gasteiger partial charge in [-0.25, -0.2) is 4.79 Å². The number of piperidine rings is 1. The molecule has 2 heterocycles. The molecule has 1 aliphatic carbocycles. The Bertz CT molecular complexity index is 1300. The van der Waals surface area contributed by atoms with Gasteiger partial charge in [-0.05, 0) is 80.5 Å². The smallest absolute Gasteiger partial charge is 0.335 e. The molecule has 3 fully saturated rings. The predicted molar refractivity (Wildman–Crippen MR) is 158 cm³/mol. The number of amides is 2. The van der Waals surface area contributed by atoms with Gasteiger partial charge in [-0.15, -0.1) is 0 Å². The highest BCUT2D eigenvalue weighted by molar-refractivity contribution is 6.00. The second kappa shape index (κ2) is 12.4. The first kappa shape index (κ1) is 30.0. The summed E-state index contributed by atoms with van der Waals surface area (Å²) in [7, 11) is 0. The highest BCUT2D eigenvalue weighted by Crippen LogP contribution is 2.38. The Morgan fingerprint density at radius 3 is 2.36 bits per heavy atom. The number of piperazine rings is 1. The zero-order chi connectivity index (χ0) is 29.9. The number of nitrogens with one attached hydrogen (secondary N) is 1. The van der Waals surface area contributed by atoms with E-state index < -0.39 is 23.2 Å². The Balaban J connectivity index is 1.20. The summed E-state index contributed by atoms with van der Waals surface area (Å²) in [5.41, 5.74) is 0.406. The van der Waals surface area contributed by atoms with Crippen molar-refractivity contribution in [2.75, 3.05) is 19.6 Å². The maximum absolute atomic E-state index is 13.7. The number of carbonyl (C=O) groups excluding carboxylic acids is 2. The number of benzene rings is 2. The average Bonchev–Trinajstić information content (AvgIpc) is 3.40. The Morgan fingerprint density at radius 2 is 1.74 bits per heavy atom. The summed E-state index contributed by atoms with van der Waals surface area (Å²) in [6.45, 7) is 6.60. The molecule has 3 aliphatic rings. The van der Waals surface area contributed by atoms with Crippen molar-refractivity contribution in [3.63, 3.8) is 0 Å². The molecule has 0 radical (unpaired) electrons. The summed E-state index contributed by atoms with van der Waals surface area (Å²) < 4.78 is 5.98. The van der Waals surface area contributed by atoms with Crippen LogP contribution >= 0.6 is 0 Å². The number of hydrogen-bond acceptors (Lipinski definition) is 6. The summed E-state index contributed by atoms with van der Waals surface area (Å²) in [5.74, 6) is 0.202. The van der Waals surface area contributed by atoms with Crippen LogP contribution in [0.2, 0.25) is 0 Å². The minimum absolute atomic E-state index is 0.0414. The van der Waals surface area contributed by atoms with Crippen molar-refractivity contribution in [3.8, 4) is 11.5 Å². The van der Waals surface area contributed by atoms with E-state index in [9.17, 15) is 24.6 Å². The summed E-state index contributed by atoms with van der Waals surface area (Å²) in [6, 6.07) is 12.0. The van der Waals surface area contributed by atoms with Crippen molar-refractivity contribution in [1.29, 1.82) is 0 Å². The van der Waals surface area contributed by atoms with Crippen LogP contribution in [-0.4, -0.2) is 74.6 Å². The van der Waals surface area contributed by atoms with Gasteiger partial charge in [-0.1, -0.05) is 38.3 Å². The van der Waals surface area contributed by atoms with E-state index in [0.717, 1.165) is 43.4 Å². The Hall–Kier alpha value is -3.43. The maximum Gasteiger partial charge on any atom is 0.335 e. The van der Waals surface area contributed by atoms with Gasteiger partial charge in [-0.3, -0.25) is 14.5 Å². The van der Waals surface area contributed by atoms with Crippen LogP contribution in [0.4, 0.5) is 0 Å². The fraction of sp³-hybridized carbons (Fsp3) is 0.545. The predicted octanol–water partition coefficient (Wildman–Crippen LogP) is 4.64. The first-order chi connectivity index (χ1) is 20.1. The number of unbranched alkanes of at least 4 members (excludes halogenated alkanes) is 1. The molecule has 1 atom stereocenters. The topological polar surface area (TPSA) is 119 Å². The van der Waals surface area contributed by atoms with Gasteiger partial charge in [0.25, 0.3) is 0 Å². The molecule has 0 bridgehead atoms. The van der Waals surface area contributed by atoms with Gasteiger partial charge < -0.3 is 25.2 Å². The lowest BCUT2D eigenvalue weighted by molar-refractivity contribution is -0.163. The van der Waals surface area contributed by atoms with E-state index in [1.54, 1.807) is 12.1 Å². The third-order valence-corrected chi connectivity index (χ3v) is 9.32. The molecule has 3 N–H and O–H groups in total. The number of nitrogens with zero attached hydrogens (tertiary/aromatic N) is 2. The van der Waals surface area contributed by atoms with Gasteiger partial charge in [0.05, 0.1) is 11.2 Å². The van der Waals surface area contributed by atoms with E-state index in [-0.39, 0.29) is 17.4 Å². The molecule has 0 aromatic heterocycles. The standard InChI is InChI=1S/C33H43N3O6/c1-3-4-17-36-29(37)27(21-32(41)13-5-6-14-32)34-31(40)33(36)15-18-35(19-16-33)22-24-7-10-26(11-8-24)42-28-12-9-25(30(38)39)20-23(28)2/h7-12,20,27,41H,3-6,13-19,21-22H2,1-2H3,(H,34,40)(H,38,39)/t27-/m1/s1. The molecule has 2 aromatic carbocycles. The first-order valence-electron chi connectivity index (χ1n) is 15.3. The molecule has 42 heavy (non-hydrogen) atoms. The molecule has 2 saturated heterocycles. The minimum atomic E-state index is -0.967. The van der Waals surface area contributed by atoms with Gasteiger partial charge in [0, 0.05) is 32.6 Å². The van der Waals surface area contributed by atoms with E-state index in [1.165, 1.54) is 6.07 Å². The van der Waals surface area contributed by atoms with Crippen LogP contribution in [-0.2, 0) is 16.1 Å². The lowest BCUT2D eigenvalue weighted by Gasteiger charge is -2.52. The largest absolute Gasteiger partial charge is 0.478 e. The van der Waals surface area contributed by atoms with E-state index >= 15 is 0 Å². The highest BCUT2D eigenvalue weighted by Gasteiger charge is 2.54. The first-order valence-corrected chi connectivity index (χ1v) is 15.3. The number of likely N-dealkylation sites (tertiary alicyclic amines) is 1. The number of carbonyl (C=O) groups is 3. The second-order valence-electron chi connectivity index (χ2n) is 12.3. The summed E-state index contributed by atoms with van der Waals surface area (Å²) in [4.78, 5) is 42.8. The van der Waals surface area contributed by atoms with E-state index in [4.69, 9.17) is 4.74 Å². The van der Waals surface area contributed by atoms with Crippen molar-refractivity contribution in [2.24, 2.45) is 0 Å². The van der Waals surface area contributed by atoms with E-state index in [2.05, 4.69) is 17.1 Å². The Morgan fingerprint density at radius 1 is 1.05 bits per heavy atom. The molecule has 9 heteroatoms. The number of aliphatic hydroxyl groups is 1. The fourth-order valence-electron chi connectivity index (χ4n) is 6.79. The third-order valence-electron chi connectivity index (χ3n) is 9.32. The number of hydrogen-bond donors (Lipinski definition) is 3. The normalized spacial score (nSPS) is 21.9. The van der Waals surface area contributed by atoms with Crippen molar-refractivity contribution in [3.05, 3.63) is 59.2 Å². The van der Waals surface area contributed by atoms with E-state index in [0.29, 0.717) is 63.2 Å². The number of aryl methyl sites for hydroxylation is 1. The molecular weight excluding hydrogens is 534 g/mol. The summed E-state index contributed by atoms with van der Waals surface area (Å²) >= 11 is 0. The van der Waals surface area contributed by atoms with Crippen LogP contribution < -0.4 is 10.1 Å². The molecular formula is C33H43N3O6. The van der Waals surface area contributed by atoms with Crippen LogP contribution in [0, 0.1) is 6.92 Å². The lowest BCUT2D eigenvalue weighted by Crippen LogP contribution is -2.73. The molecule has 9 nitrogen and oxygen atoms in total. The van der Waals surface area contributed by atoms with Gasteiger partial charge >= 0.3 is 5.97 Å². The van der Waals surface area contributed by atoms with Crippen LogP contribution in [0.3, 0.4) is 0 Å². The number of rotatable bonds is 10. The lowest BCUT2D eigenvalue weighted by atomic mass is 9.80. The highest BCUT2D eigenvalue weighted by atomic mass is 16.5. The molecule has 2 aliphatic heterocycles. The number of ether oxygens (including phenoxy) is 1. The Labute approximate surface area is 247 Å². The second-order valence-corrected chi connectivity index (χ2v) is 12.3. The van der Waals surface area contributed by atoms with Gasteiger partial charge in [0.1, 0.15) is 23.1 Å². The molecule has 0 unspecified atom stereocenters. The summed E-state index contributed by atoms with van der Waals surface area (Å²) in [5, 5.41) is 23.2. The number of carboxylic acid groups (broad SMARTS) is 1. The molecule has 1 spiro atoms. The zero-order valence-corrected chi connectivity index (χ0v) is 24.7. The quantitative estimate of drug-likeness (QED) is 0.376. The minimum Gasteiger partial charge on any atom is -0.478 e.